The van der Waals surface area contributed by atoms with Crippen molar-refractivity contribution in [3.8, 4) is 0 Å². The van der Waals surface area contributed by atoms with Crippen molar-refractivity contribution in [3.05, 3.63) is 42.3 Å². The summed E-state index contributed by atoms with van der Waals surface area (Å²) in [6, 6.07) is 0. The summed E-state index contributed by atoms with van der Waals surface area (Å²) in [4.78, 5) is 7.10. The highest BCUT2D eigenvalue weighted by atomic mass is 15.3. The molecule has 0 aliphatic carbocycles. The third-order valence-corrected chi connectivity index (χ3v) is 4.83. The van der Waals surface area contributed by atoms with Gasteiger partial charge in [0.1, 0.15) is 12.4 Å². The van der Waals surface area contributed by atoms with E-state index in [1.807, 2.05) is 42.5 Å². The van der Waals surface area contributed by atoms with Crippen LogP contribution in [0.1, 0.15) is 23.6 Å². The van der Waals surface area contributed by atoms with Crippen LogP contribution in [0.4, 0.5) is 0 Å². The Morgan fingerprint density at radius 1 is 1.42 bits per heavy atom. The number of nitrogens with zero attached hydrogens (tertiary/aromatic N) is 7. The van der Waals surface area contributed by atoms with Crippen molar-refractivity contribution in [3.63, 3.8) is 0 Å². The number of guanidine groups is 1. The molecule has 1 fully saturated rings. The van der Waals surface area contributed by atoms with E-state index in [1.54, 1.807) is 0 Å². The minimum atomic E-state index is 0.514. The summed E-state index contributed by atoms with van der Waals surface area (Å²) in [5.41, 5.74) is 1.30. The summed E-state index contributed by atoms with van der Waals surface area (Å²) in [5, 5.41) is 15.9. The number of aliphatic imine (C=N–C) groups is 1. The molecular weight excluding hydrogens is 328 g/mol. The van der Waals surface area contributed by atoms with Crippen molar-refractivity contribution in [2.24, 2.45) is 25.0 Å². The van der Waals surface area contributed by atoms with Crippen molar-refractivity contribution in [2.45, 2.75) is 26.3 Å². The SMILES string of the molecule is C=CCNC(=NCc1nnc(C)n1C)N1CCC(Cc2cnn(C)c2)C1. The molecule has 0 radical (unpaired) electrons. The van der Waals surface area contributed by atoms with Crippen LogP contribution in [0, 0.1) is 12.8 Å². The van der Waals surface area contributed by atoms with E-state index in [1.165, 1.54) is 5.56 Å². The standard InChI is InChI=1S/C18H28N8/c1-5-7-19-18(20-11-17-23-22-14(2)25(17)4)26-8-6-15(13-26)9-16-10-21-24(3)12-16/h5,10,12,15H,1,6-9,11,13H2,2-4H3,(H,19,20). The molecular formula is C18H28N8. The Morgan fingerprint density at radius 2 is 2.27 bits per heavy atom. The fourth-order valence-corrected chi connectivity index (χ4v) is 3.27. The average Bonchev–Trinajstić information content (AvgIpc) is 3.32. The molecule has 8 heteroatoms. The number of hydrogen-bond acceptors (Lipinski definition) is 4. The second-order valence-electron chi connectivity index (χ2n) is 6.86. The minimum absolute atomic E-state index is 0.514. The van der Waals surface area contributed by atoms with Gasteiger partial charge in [-0.05, 0) is 31.2 Å². The number of likely N-dealkylation sites (tertiary alicyclic amines) is 1. The Hall–Kier alpha value is -2.64. The number of aromatic nitrogens is 5. The van der Waals surface area contributed by atoms with Crippen molar-refractivity contribution in [2.75, 3.05) is 19.6 Å². The Kier molecular flexibility index (Phi) is 5.70. The van der Waals surface area contributed by atoms with Gasteiger partial charge in [0.05, 0.1) is 6.20 Å². The van der Waals surface area contributed by atoms with Crippen molar-refractivity contribution in [1.82, 2.24) is 34.8 Å². The number of hydrogen-bond donors (Lipinski definition) is 1. The number of nitrogens with one attached hydrogen (secondary N) is 1. The lowest BCUT2D eigenvalue weighted by Crippen LogP contribution is -2.40. The van der Waals surface area contributed by atoms with Crippen LogP contribution in [0.25, 0.3) is 0 Å². The van der Waals surface area contributed by atoms with Crippen LogP contribution in [-0.4, -0.2) is 55.0 Å². The highest BCUT2D eigenvalue weighted by Crippen LogP contribution is 2.21. The van der Waals surface area contributed by atoms with Crippen LogP contribution in [0.2, 0.25) is 0 Å². The first-order valence-electron chi connectivity index (χ1n) is 9.03. The largest absolute Gasteiger partial charge is 0.353 e. The Bertz CT molecular complexity index is 772. The first kappa shape index (κ1) is 18.2. The molecule has 1 aliphatic rings. The van der Waals surface area contributed by atoms with Gasteiger partial charge in [-0.2, -0.15) is 5.10 Å². The molecule has 1 saturated heterocycles. The summed E-state index contributed by atoms with van der Waals surface area (Å²) in [6.07, 6.45) is 8.13. The molecule has 1 unspecified atom stereocenters. The van der Waals surface area contributed by atoms with Crippen LogP contribution in [0.3, 0.4) is 0 Å². The van der Waals surface area contributed by atoms with E-state index < -0.39 is 0 Å². The lowest BCUT2D eigenvalue weighted by Gasteiger charge is -2.21. The van der Waals surface area contributed by atoms with Crippen LogP contribution >= 0.6 is 0 Å². The van der Waals surface area contributed by atoms with E-state index in [0.29, 0.717) is 19.0 Å². The minimum Gasteiger partial charge on any atom is -0.353 e. The summed E-state index contributed by atoms with van der Waals surface area (Å²) >= 11 is 0. The first-order valence-corrected chi connectivity index (χ1v) is 9.03. The zero-order chi connectivity index (χ0) is 18.5. The molecule has 1 atom stereocenters. The molecule has 140 valence electrons. The van der Waals surface area contributed by atoms with E-state index >= 15 is 0 Å². The molecule has 0 saturated carbocycles. The van der Waals surface area contributed by atoms with Gasteiger partial charge in [-0.1, -0.05) is 6.08 Å². The maximum atomic E-state index is 4.78. The zero-order valence-electron chi connectivity index (χ0n) is 15.9. The van der Waals surface area contributed by atoms with Gasteiger partial charge in [0, 0.05) is 39.9 Å². The van der Waals surface area contributed by atoms with E-state index in [4.69, 9.17) is 4.99 Å². The van der Waals surface area contributed by atoms with Crippen molar-refractivity contribution >= 4 is 5.96 Å². The van der Waals surface area contributed by atoms with E-state index in [0.717, 1.165) is 43.5 Å². The summed E-state index contributed by atoms with van der Waals surface area (Å²) in [6.45, 7) is 8.95. The third-order valence-electron chi connectivity index (χ3n) is 4.83. The second-order valence-corrected chi connectivity index (χ2v) is 6.86. The van der Waals surface area contributed by atoms with Gasteiger partial charge in [-0.15, -0.1) is 16.8 Å². The van der Waals surface area contributed by atoms with Crippen molar-refractivity contribution < 1.29 is 0 Å². The summed E-state index contributed by atoms with van der Waals surface area (Å²) in [7, 11) is 3.93. The molecule has 1 aliphatic heterocycles. The molecule has 8 nitrogen and oxygen atoms in total. The molecule has 26 heavy (non-hydrogen) atoms. The molecule has 2 aromatic heterocycles. The number of rotatable bonds is 6. The van der Waals surface area contributed by atoms with E-state index in [9.17, 15) is 0 Å². The van der Waals surface area contributed by atoms with Gasteiger partial charge in [-0.25, -0.2) is 4.99 Å². The van der Waals surface area contributed by atoms with Gasteiger partial charge in [-0.3, -0.25) is 4.68 Å². The van der Waals surface area contributed by atoms with Crippen LogP contribution in [0.15, 0.2) is 30.0 Å². The van der Waals surface area contributed by atoms with E-state index in [2.05, 4.69) is 38.3 Å². The molecule has 1 N–H and O–H groups in total. The van der Waals surface area contributed by atoms with Crippen LogP contribution < -0.4 is 5.32 Å². The van der Waals surface area contributed by atoms with Crippen LogP contribution in [-0.2, 0) is 27.1 Å². The predicted molar refractivity (Wildman–Crippen MR) is 102 cm³/mol. The van der Waals surface area contributed by atoms with Gasteiger partial charge < -0.3 is 14.8 Å². The van der Waals surface area contributed by atoms with Gasteiger partial charge in [0.15, 0.2) is 11.8 Å². The molecule has 3 rings (SSSR count). The smallest absolute Gasteiger partial charge is 0.194 e. The van der Waals surface area contributed by atoms with Crippen LogP contribution in [0.5, 0.6) is 0 Å². The molecule has 2 aromatic rings. The highest BCUT2D eigenvalue weighted by Gasteiger charge is 2.25. The molecule has 3 heterocycles. The lowest BCUT2D eigenvalue weighted by atomic mass is 10.0. The fraction of sp³-hybridized carbons (Fsp3) is 0.556. The number of aryl methyl sites for hydroxylation is 2. The maximum absolute atomic E-state index is 4.78. The lowest BCUT2D eigenvalue weighted by molar-refractivity contribution is 0.460. The quantitative estimate of drug-likeness (QED) is 0.476. The summed E-state index contributed by atoms with van der Waals surface area (Å²) in [5.74, 6) is 3.30. The first-order chi connectivity index (χ1) is 12.6. The molecule has 0 aromatic carbocycles. The average molecular weight is 356 g/mol. The fourth-order valence-electron chi connectivity index (χ4n) is 3.27. The van der Waals surface area contributed by atoms with E-state index in [-0.39, 0.29) is 0 Å². The highest BCUT2D eigenvalue weighted by molar-refractivity contribution is 5.80. The maximum Gasteiger partial charge on any atom is 0.194 e. The second kappa shape index (κ2) is 8.16. The van der Waals surface area contributed by atoms with Crippen molar-refractivity contribution in [1.29, 1.82) is 0 Å². The summed E-state index contributed by atoms with van der Waals surface area (Å²) < 4.78 is 3.84. The Labute approximate surface area is 154 Å². The molecule has 0 spiro atoms. The van der Waals surface area contributed by atoms with Gasteiger partial charge >= 0.3 is 0 Å². The molecule has 0 amide bonds. The van der Waals surface area contributed by atoms with Gasteiger partial charge in [0.25, 0.3) is 0 Å². The normalized spacial score (nSPS) is 17.7. The third kappa shape index (κ3) is 4.30. The van der Waals surface area contributed by atoms with Gasteiger partial charge in [0.2, 0.25) is 0 Å². The monoisotopic (exact) mass is 356 g/mol. The predicted octanol–water partition coefficient (Wildman–Crippen LogP) is 1.05. The zero-order valence-corrected chi connectivity index (χ0v) is 15.9. The topological polar surface area (TPSA) is 76.2 Å². The Morgan fingerprint density at radius 3 is 2.92 bits per heavy atom. The molecule has 0 bridgehead atoms. The Balaban J connectivity index is 1.64.